The van der Waals surface area contributed by atoms with Crippen molar-refractivity contribution in [3.8, 4) is 5.75 Å². The van der Waals surface area contributed by atoms with Gasteiger partial charge in [0.2, 0.25) is 0 Å². The first-order valence-electron chi connectivity index (χ1n) is 7.81. The second-order valence-electron chi connectivity index (χ2n) is 6.53. The number of nitrogens with zero attached hydrogens (tertiary/aromatic N) is 1. The molecule has 1 aliphatic heterocycles. The summed E-state index contributed by atoms with van der Waals surface area (Å²) in [5, 5.41) is 9.14. The number of para-hydroxylation sites is 1. The normalized spacial score (nSPS) is 18.1. The van der Waals surface area contributed by atoms with E-state index in [0.717, 1.165) is 0 Å². The largest absolute Gasteiger partial charge is 0.490 e. The van der Waals surface area contributed by atoms with Crippen LogP contribution in [0.25, 0.3) is 0 Å². The summed E-state index contributed by atoms with van der Waals surface area (Å²) < 4.78 is 16.5. The van der Waals surface area contributed by atoms with E-state index in [2.05, 4.69) is 0 Å². The Hall–Kier alpha value is -2.28. The number of morpholine rings is 1. The molecule has 1 aromatic rings. The van der Waals surface area contributed by atoms with Crippen LogP contribution in [0.3, 0.4) is 0 Å². The van der Waals surface area contributed by atoms with Crippen LogP contribution in [-0.4, -0.2) is 60.1 Å². The number of ether oxygens (including phenoxy) is 3. The summed E-state index contributed by atoms with van der Waals surface area (Å²) >= 11 is 0. The standard InChI is InChI=1S/C17H23NO6/c1-17(2,3)24-16(21)18-8-9-22-12(10-18)11-23-14-7-5-4-6-13(14)15(19)20/h4-7,12H,8-11H2,1-3H3,(H,19,20). The van der Waals surface area contributed by atoms with Crippen LogP contribution in [-0.2, 0) is 9.47 Å². The van der Waals surface area contributed by atoms with E-state index in [1.54, 1.807) is 23.1 Å². The fraction of sp³-hybridized carbons (Fsp3) is 0.529. The van der Waals surface area contributed by atoms with Gasteiger partial charge in [-0.2, -0.15) is 0 Å². The average Bonchev–Trinajstić information content (AvgIpc) is 2.52. The summed E-state index contributed by atoms with van der Waals surface area (Å²) in [6, 6.07) is 6.42. The number of rotatable bonds is 4. The van der Waals surface area contributed by atoms with Crippen molar-refractivity contribution in [2.45, 2.75) is 32.5 Å². The van der Waals surface area contributed by atoms with Gasteiger partial charge in [0.15, 0.2) is 0 Å². The van der Waals surface area contributed by atoms with Gasteiger partial charge in [0.05, 0.1) is 13.2 Å². The Morgan fingerprint density at radius 1 is 1.33 bits per heavy atom. The number of carboxylic acids is 1. The molecule has 0 bridgehead atoms. The quantitative estimate of drug-likeness (QED) is 0.908. The van der Waals surface area contributed by atoms with E-state index in [4.69, 9.17) is 19.3 Å². The summed E-state index contributed by atoms with van der Waals surface area (Å²) in [5.41, 5.74) is -0.459. The van der Waals surface area contributed by atoms with Gasteiger partial charge >= 0.3 is 12.1 Å². The van der Waals surface area contributed by atoms with Crippen molar-refractivity contribution >= 4 is 12.1 Å². The number of benzene rings is 1. The molecular formula is C17H23NO6. The molecule has 0 radical (unpaired) electrons. The summed E-state index contributed by atoms with van der Waals surface area (Å²) in [5.74, 6) is -0.770. The maximum Gasteiger partial charge on any atom is 0.410 e. The van der Waals surface area contributed by atoms with Gasteiger partial charge < -0.3 is 24.2 Å². The Balaban J connectivity index is 1.92. The van der Waals surface area contributed by atoms with Crippen molar-refractivity contribution in [1.82, 2.24) is 4.90 Å². The Morgan fingerprint density at radius 2 is 2.04 bits per heavy atom. The number of carbonyl (C=O) groups is 2. The van der Waals surface area contributed by atoms with Crippen molar-refractivity contribution in [2.75, 3.05) is 26.3 Å². The number of carboxylic acid groups (broad SMARTS) is 1. The van der Waals surface area contributed by atoms with Crippen LogP contribution in [0, 0.1) is 0 Å². The van der Waals surface area contributed by atoms with Crippen molar-refractivity contribution in [1.29, 1.82) is 0 Å². The van der Waals surface area contributed by atoms with Gasteiger partial charge in [-0.1, -0.05) is 12.1 Å². The Bertz CT molecular complexity index is 595. The van der Waals surface area contributed by atoms with Gasteiger partial charge in [-0.05, 0) is 32.9 Å². The maximum absolute atomic E-state index is 12.1. The number of carbonyl (C=O) groups excluding carboxylic acids is 1. The molecule has 1 saturated heterocycles. The fourth-order valence-electron chi connectivity index (χ4n) is 2.26. The third-order valence-electron chi connectivity index (χ3n) is 3.33. The van der Waals surface area contributed by atoms with E-state index < -0.39 is 11.6 Å². The highest BCUT2D eigenvalue weighted by molar-refractivity contribution is 5.90. The van der Waals surface area contributed by atoms with Crippen LogP contribution < -0.4 is 4.74 Å². The number of hydrogen-bond donors (Lipinski definition) is 1. The van der Waals surface area contributed by atoms with Crippen molar-refractivity contribution in [3.63, 3.8) is 0 Å². The zero-order valence-electron chi connectivity index (χ0n) is 14.2. The van der Waals surface area contributed by atoms with E-state index in [1.807, 2.05) is 20.8 Å². The molecule has 2 rings (SSSR count). The maximum atomic E-state index is 12.1. The first kappa shape index (κ1) is 18.1. The molecule has 1 N–H and O–H groups in total. The van der Waals surface area contributed by atoms with E-state index in [-0.39, 0.29) is 30.1 Å². The predicted octanol–water partition coefficient (Wildman–Crippen LogP) is 2.40. The Kier molecular flexibility index (Phi) is 5.66. The minimum Gasteiger partial charge on any atom is -0.490 e. The highest BCUT2D eigenvalue weighted by Crippen LogP contribution is 2.19. The first-order chi connectivity index (χ1) is 11.3. The van der Waals surface area contributed by atoms with E-state index in [9.17, 15) is 9.59 Å². The molecule has 0 aromatic heterocycles. The Morgan fingerprint density at radius 3 is 2.71 bits per heavy atom. The van der Waals surface area contributed by atoms with E-state index >= 15 is 0 Å². The minimum atomic E-state index is -1.05. The molecule has 24 heavy (non-hydrogen) atoms. The van der Waals surface area contributed by atoms with Gasteiger partial charge in [-0.25, -0.2) is 9.59 Å². The highest BCUT2D eigenvalue weighted by atomic mass is 16.6. The first-order valence-corrected chi connectivity index (χ1v) is 7.81. The zero-order valence-corrected chi connectivity index (χ0v) is 14.2. The molecule has 1 aliphatic rings. The smallest absolute Gasteiger partial charge is 0.410 e. The van der Waals surface area contributed by atoms with Crippen LogP contribution in [0.5, 0.6) is 5.75 Å². The summed E-state index contributed by atoms with van der Waals surface area (Å²) in [6.07, 6.45) is -0.727. The fourth-order valence-corrected chi connectivity index (χ4v) is 2.26. The lowest BCUT2D eigenvalue weighted by Gasteiger charge is -2.34. The number of amides is 1. The SMILES string of the molecule is CC(C)(C)OC(=O)N1CCOC(COc2ccccc2C(=O)O)C1. The van der Waals surface area contributed by atoms with Crippen LogP contribution >= 0.6 is 0 Å². The van der Waals surface area contributed by atoms with Crippen molar-refractivity contribution in [2.24, 2.45) is 0 Å². The van der Waals surface area contributed by atoms with Crippen LogP contribution in [0.1, 0.15) is 31.1 Å². The average molecular weight is 337 g/mol. The van der Waals surface area contributed by atoms with Gasteiger partial charge in [-0.3, -0.25) is 0 Å². The number of aromatic carboxylic acids is 1. The predicted molar refractivity (Wildman–Crippen MR) is 86.4 cm³/mol. The number of hydrogen-bond acceptors (Lipinski definition) is 5. The minimum absolute atomic E-state index is 0.0947. The Labute approximate surface area is 141 Å². The molecule has 1 amide bonds. The summed E-state index contributed by atoms with van der Waals surface area (Å²) in [4.78, 5) is 24.8. The monoisotopic (exact) mass is 337 g/mol. The molecule has 1 unspecified atom stereocenters. The van der Waals surface area contributed by atoms with Gasteiger partial charge in [0.25, 0.3) is 0 Å². The van der Waals surface area contributed by atoms with Crippen LogP contribution in [0.4, 0.5) is 4.79 Å². The third-order valence-corrected chi connectivity index (χ3v) is 3.33. The molecule has 1 atom stereocenters. The zero-order chi connectivity index (χ0) is 17.7. The summed E-state index contributed by atoms with van der Waals surface area (Å²) in [6.45, 7) is 6.77. The molecule has 0 saturated carbocycles. The van der Waals surface area contributed by atoms with Gasteiger partial charge in [0, 0.05) is 6.54 Å². The van der Waals surface area contributed by atoms with Gasteiger partial charge in [0.1, 0.15) is 29.6 Å². The van der Waals surface area contributed by atoms with Crippen molar-refractivity contribution < 1.29 is 28.9 Å². The molecule has 0 aliphatic carbocycles. The lowest BCUT2D eigenvalue weighted by atomic mass is 10.2. The molecule has 7 nitrogen and oxygen atoms in total. The molecular weight excluding hydrogens is 314 g/mol. The molecule has 1 aromatic carbocycles. The summed E-state index contributed by atoms with van der Waals surface area (Å²) in [7, 11) is 0. The highest BCUT2D eigenvalue weighted by Gasteiger charge is 2.28. The molecule has 0 spiro atoms. The van der Waals surface area contributed by atoms with E-state index in [1.165, 1.54) is 6.07 Å². The van der Waals surface area contributed by atoms with Crippen LogP contribution in [0.2, 0.25) is 0 Å². The molecule has 1 fully saturated rings. The van der Waals surface area contributed by atoms with Crippen LogP contribution in [0.15, 0.2) is 24.3 Å². The molecule has 7 heteroatoms. The lowest BCUT2D eigenvalue weighted by molar-refractivity contribution is -0.0557. The second kappa shape index (κ2) is 7.53. The van der Waals surface area contributed by atoms with Crippen molar-refractivity contribution in [3.05, 3.63) is 29.8 Å². The third kappa shape index (κ3) is 5.13. The second-order valence-corrected chi connectivity index (χ2v) is 6.53. The molecule has 1 heterocycles. The topological polar surface area (TPSA) is 85.3 Å². The lowest BCUT2D eigenvalue weighted by Crippen LogP contribution is -2.49. The van der Waals surface area contributed by atoms with Gasteiger partial charge in [-0.15, -0.1) is 0 Å². The molecule has 132 valence electrons. The van der Waals surface area contributed by atoms with E-state index in [0.29, 0.717) is 19.7 Å².